The molecule has 0 aliphatic heterocycles. The number of hydrogen-bond acceptors (Lipinski definition) is 5. The molecule has 1 unspecified atom stereocenters. The van der Waals surface area contributed by atoms with Gasteiger partial charge in [0.25, 0.3) is 0 Å². The Labute approximate surface area is 119 Å². The van der Waals surface area contributed by atoms with Crippen LogP contribution in [0.4, 0.5) is 0 Å². The van der Waals surface area contributed by atoms with E-state index in [0.717, 1.165) is 17.6 Å². The van der Waals surface area contributed by atoms with Crippen LogP contribution in [0.2, 0.25) is 0 Å². The minimum atomic E-state index is -3.11. The average Bonchev–Trinajstić information content (AvgIpc) is 2.34. The lowest BCUT2D eigenvalue weighted by Crippen LogP contribution is -2.42. The predicted octanol–water partition coefficient (Wildman–Crippen LogP) is 0.110. The Morgan fingerprint density at radius 3 is 2.65 bits per heavy atom. The van der Waals surface area contributed by atoms with Gasteiger partial charge in [0.15, 0.2) is 0 Å². The molecule has 2 N–H and O–H groups in total. The Hall–Kier alpha value is -1.47. The minimum absolute atomic E-state index is 0.0869. The molecule has 1 aromatic rings. The van der Waals surface area contributed by atoms with Gasteiger partial charge in [-0.15, -0.1) is 0 Å². The number of carbonyl (C=O) groups excluding carboxylic acids is 1. The predicted molar refractivity (Wildman–Crippen MR) is 77.8 cm³/mol. The Morgan fingerprint density at radius 1 is 1.45 bits per heavy atom. The number of aryl methyl sites for hydroxylation is 1. The first-order chi connectivity index (χ1) is 9.19. The third kappa shape index (κ3) is 5.66. The van der Waals surface area contributed by atoms with E-state index < -0.39 is 15.9 Å². The van der Waals surface area contributed by atoms with Crippen molar-refractivity contribution in [2.24, 2.45) is 5.73 Å². The number of pyridine rings is 1. The molecule has 0 radical (unpaired) electrons. The van der Waals surface area contributed by atoms with Crippen molar-refractivity contribution < 1.29 is 13.2 Å². The molecule has 0 aliphatic carbocycles. The SMILES string of the molecule is Cc1cccc(CN(C)C(=O)C(N)CCS(C)(=O)=O)n1. The van der Waals surface area contributed by atoms with Crippen molar-refractivity contribution in [2.75, 3.05) is 19.1 Å². The number of rotatable bonds is 6. The molecule has 20 heavy (non-hydrogen) atoms. The van der Waals surface area contributed by atoms with E-state index in [1.54, 1.807) is 7.05 Å². The van der Waals surface area contributed by atoms with Gasteiger partial charge in [0, 0.05) is 19.0 Å². The zero-order valence-electron chi connectivity index (χ0n) is 12.0. The zero-order chi connectivity index (χ0) is 15.3. The number of likely N-dealkylation sites (N-methyl/N-ethyl adjacent to an activating group) is 1. The van der Waals surface area contributed by atoms with Crippen LogP contribution in [0.15, 0.2) is 18.2 Å². The van der Waals surface area contributed by atoms with Gasteiger partial charge >= 0.3 is 0 Å². The summed E-state index contributed by atoms with van der Waals surface area (Å²) in [5, 5.41) is 0. The fraction of sp³-hybridized carbons (Fsp3) is 0.538. The van der Waals surface area contributed by atoms with Crippen LogP contribution in [0, 0.1) is 6.92 Å². The second kappa shape index (κ2) is 6.81. The molecular formula is C13H21N3O3S. The smallest absolute Gasteiger partial charge is 0.239 e. The second-order valence-electron chi connectivity index (χ2n) is 4.99. The number of nitrogens with zero attached hydrogens (tertiary/aromatic N) is 2. The summed E-state index contributed by atoms with van der Waals surface area (Å²) in [6, 6.07) is 4.78. The number of carbonyl (C=O) groups is 1. The summed E-state index contributed by atoms with van der Waals surface area (Å²) in [7, 11) is -1.47. The fourth-order valence-corrected chi connectivity index (χ4v) is 2.44. The number of hydrogen-bond donors (Lipinski definition) is 1. The highest BCUT2D eigenvalue weighted by molar-refractivity contribution is 7.90. The van der Waals surface area contributed by atoms with Gasteiger partial charge in [-0.2, -0.15) is 0 Å². The van der Waals surface area contributed by atoms with E-state index in [4.69, 9.17) is 5.73 Å². The molecule has 0 aromatic carbocycles. The highest BCUT2D eigenvalue weighted by atomic mass is 32.2. The molecule has 1 rings (SSSR count). The number of sulfone groups is 1. The lowest BCUT2D eigenvalue weighted by atomic mass is 10.2. The summed E-state index contributed by atoms with van der Waals surface area (Å²) in [6.45, 7) is 2.23. The highest BCUT2D eigenvalue weighted by Gasteiger charge is 2.20. The molecule has 0 bridgehead atoms. The van der Waals surface area contributed by atoms with Crippen LogP contribution >= 0.6 is 0 Å². The number of aromatic nitrogens is 1. The van der Waals surface area contributed by atoms with Crippen molar-refractivity contribution in [1.29, 1.82) is 0 Å². The third-order valence-electron chi connectivity index (χ3n) is 2.84. The van der Waals surface area contributed by atoms with E-state index in [1.165, 1.54) is 4.90 Å². The molecule has 0 spiro atoms. The zero-order valence-corrected chi connectivity index (χ0v) is 12.9. The van der Waals surface area contributed by atoms with Crippen LogP contribution in [0.3, 0.4) is 0 Å². The van der Waals surface area contributed by atoms with Crippen LogP contribution in [0.25, 0.3) is 0 Å². The van der Waals surface area contributed by atoms with E-state index in [0.29, 0.717) is 6.54 Å². The average molecular weight is 299 g/mol. The van der Waals surface area contributed by atoms with Crippen molar-refractivity contribution in [2.45, 2.75) is 25.9 Å². The summed E-state index contributed by atoms with van der Waals surface area (Å²) in [4.78, 5) is 17.8. The van der Waals surface area contributed by atoms with Crippen LogP contribution in [0.5, 0.6) is 0 Å². The fourth-order valence-electron chi connectivity index (χ4n) is 1.76. The molecular weight excluding hydrogens is 278 g/mol. The summed E-state index contributed by atoms with van der Waals surface area (Å²) in [5.41, 5.74) is 7.39. The van der Waals surface area contributed by atoms with Gasteiger partial charge in [-0.05, 0) is 25.5 Å². The van der Waals surface area contributed by atoms with E-state index in [2.05, 4.69) is 4.98 Å². The molecule has 0 aliphatic rings. The molecule has 7 heteroatoms. The Kier molecular flexibility index (Phi) is 5.64. The van der Waals surface area contributed by atoms with Crippen molar-refractivity contribution in [1.82, 2.24) is 9.88 Å². The molecule has 112 valence electrons. The van der Waals surface area contributed by atoms with Crippen LogP contribution in [-0.4, -0.2) is 49.3 Å². The van der Waals surface area contributed by atoms with Gasteiger partial charge in [0.2, 0.25) is 5.91 Å². The van der Waals surface area contributed by atoms with Gasteiger partial charge in [-0.1, -0.05) is 6.07 Å². The molecule has 1 atom stereocenters. The third-order valence-corrected chi connectivity index (χ3v) is 3.82. The molecule has 0 fully saturated rings. The van der Waals surface area contributed by atoms with Gasteiger partial charge in [0.05, 0.1) is 24.0 Å². The van der Waals surface area contributed by atoms with Crippen LogP contribution in [-0.2, 0) is 21.2 Å². The Bertz CT molecular complexity index is 572. The standard InChI is InChI=1S/C13H21N3O3S/c1-10-5-4-6-11(15-10)9-16(2)13(17)12(14)7-8-20(3,18)19/h4-6,12H,7-9,14H2,1-3H3. The maximum Gasteiger partial charge on any atom is 0.239 e. The Balaban J connectivity index is 2.58. The lowest BCUT2D eigenvalue weighted by molar-refractivity contribution is -0.131. The maximum absolute atomic E-state index is 12.0. The van der Waals surface area contributed by atoms with Crippen molar-refractivity contribution >= 4 is 15.7 Å². The summed E-state index contributed by atoms with van der Waals surface area (Å²) in [5.74, 6) is -0.367. The second-order valence-corrected chi connectivity index (χ2v) is 7.25. The van der Waals surface area contributed by atoms with Gasteiger partial charge in [0.1, 0.15) is 9.84 Å². The molecule has 0 saturated heterocycles. The topological polar surface area (TPSA) is 93.4 Å². The van der Waals surface area contributed by atoms with Gasteiger partial charge in [-0.3, -0.25) is 9.78 Å². The lowest BCUT2D eigenvalue weighted by Gasteiger charge is -2.21. The van der Waals surface area contributed by atoms with Crippen molar-refractivity contribution in [3.05, 3.63) is 29.6 Å². The van der Waals surface area contributed by atoms with Crippen LogP contribution < -0.4 is 5.73 Å². The van der Waals surface area contributed by atoms with E-state index in [-0.39, 0.29) is 18.1 Å². The van der Waals surface area contributed by atoms with Crippen molar-refractivity contribution in [3.63, 3.8) is 0 Å². The number of amides is 1. The first-order valence-electron chi connectivity index (χ1n) is 6.30. The molecule has 1 amide bonds. The molecule has 1 aromatic heterocycles. The normalized spacial score (nSPS) is 13.0. The van der Waals surface area contributed by atoms with Gasteiger partial charge < -0.3 is 10.6 Å². The highest BCUT2D eigenvalue weighted by Crippen LogP contribution is 2.05. The van der Waals surface area contributed by atoms with E-state index in [9.17, 15) is 13.2 Å². The first kappa shape index (κ1) is 16.6. The van der Waals surface area contributed by atoms with Crippen molar-refractivity contribution in [3.8, 4) is 0 Å². The first-order valence-corrected chi connectivity index (χ1v) is 8.36. The summed E-state index contributed by atoms with van der Waals surface area (Å²) >= 11 is 0. The van der Waals surface area contributed by atoms with E-state index >= 15 is 0 Å². The largest absolute Gasteiger partial charge is 0.339 e. The summed E-state index contributed by atoms with van der Waals surface area (Å²) < 4.78 is 22.1. The van der Waals surface area contributed by atoms with E-state index in [1.807, 2.05) is 25.1 Å². The molecule has 6 nitrogen and oxygen atoms in total. The molecule has 1 heterocycles. The minimum Gasteiger partial charge on any atom is -0.339 e. The Morgan fingerprint density at radius 2 is 2.10 bits per heavy atom. The number of nitrogens with two attached hydrogens (primary N) is 1. The van der Waals surface area contributed by atoms with Gasteiger partial charge in [-0.25, -0.2) is 8.42 Å². The molecule has 0 saturated carbocycles. The maximum atomic E-state index is 12.0. The monoisotopic (exact) mass is 299 g/mol. The van der Waals surface area contributed by atoms with Crippen LogP contribution in [0.1, 0.15) is 17.8 Å². The summed E-state index contributed by atoms with van der Waals surface area (Å²) in [6.07, 6.45) is 1.26. The quantitative estimate of drug-likeness (QED) is 0.804.